The third-order valence-corrected chi connectivity index (χ3v) is 3.31. The van der Waals surface area contributed by atoms with E-state index >= 15 is 0 Å². The van der Waals surface area contributed by atoms with Crippen LogP contribution >= 0.6 is 0 Å². The van der Waals surface area contributed by atoms with E-state index < -0.39 is 0 Å². The van der Waals surface area contributed by atoms with Crippen LogP contribution in [0.2, 0.25) is 0 Å². The second-order valence-corrected chi connectivity index (χ2v) is 5.06. The molecule has 0 bridgehead atoms. The summed E-state index contributed by atoms with van der Waals surface area (Å²) in [7, 11) is 1.64. The minimum Gasteiger partial charge on any atom is -0.497 e. The molecule has 0 aliphatic rings. The monoisotopic (exact) mass is 287 g/mol. The Labute approximate surface area is 125 Å². The van der Waals surface area contributed by atoms with Crippen molar-refractivity contribution in [3.63, 3.8) is 0 Å². The quantitative estimate of drug-likeness (QED) is 0.782. The number of nitrogens with zero attached hydrogens (tertiary/aromatic N) is 1. The number of benzene rings is 1. The van der Waals surface area contributed by atoms with Gasteiger partial charge in [-0.25, -0.2) is 4.79 Å². The van der Waals surface area contributed by atoms with Gasteiger partial charge in [0.2, 0.25) is 0 Å². The Bertz CT molecular complexity index is 611. The van der Waals surface area contributed by atoms with Crippen molar-refractivity contribution in [2.24, 2.45) is 0 Å². The molecule has 112 valence electrons. The van der Waals surface area contributed by atoms with E-state index in [1.54, 1.807) is 7.11 Å². The number of hydrogen-bond donors (Lipinski definition) is 0. The molecule has 0 radical (unpaired) electrons. The lowest BCUT2D eigenvalue weighted by Gasteiger charge is -2.11. The van der Waals surface area contributed by atoms with Gasteiger partial charge in [0.15, 0.2) is 0 Å². The summed E-state index contributed by atoms with van der Waals surface area (Å²) >= 11 is 0. The normalized spacial score (nSPS) is 10.7. The van der Waals surface area contributed by atoms with Crippen molar-refractivity contribution >= 4 is 5.97 Å². The molecule has 4 heteroatoms. The molecule has 21 heavy (non-hydrogen) atoms. The van der Waals surface area contributed by atoms with E-state index in [9.17, 15) is 4.79 Å². The zero-order chi connectivity index (χ0) is 15.4. The minimum absolute atomic E-state index is 0.191. The fraction of sp³-hybridized carbons (Fsp3) is 0.353. The standard InChI is InChI=1S/C17H21NO3/c1-5-21-17(19)16-10-14(11-18(16)12(2)3)13-6-8-15(20-4)9-7-13/h6-12H,5H2,1-4H3. The summed E-state index contributed by atoms with van der Waals surface area (Å²) in [5, 5.41) is 0. The third-order valence-electron chi connectivity index (χ3n) is 3.31. The van der Waals surface area contributed by atoms with Crippen molar-refractivity contribution in [2.75, 3.05) is 13.7 Å². The molecular weight excluding hydrogens is 266 g/mol. The molecule has 4 nitrogen and oxygen atoms in total. The highest BCUT2D eigenvalue weighted by molar-refractivity contribution is 5.90. The Morgan fingerprint density at radius 2 is 1.86 bits per heavy atom. The van der Waals surface area contributed by atoms with E-state index in [0.29, 0.717) is 12.3 Å². The Kier molecular flexibility index (Phi) is 4.68. The lowest BCUT2D eigenvalue weighted by molar-refractivity contribution is 0.0512. The van der Waals surface area contributed by atoms with Crippen LogP contribution in [0.25, 0.3) is 11.1 Å². The second kappa shape index (κ2) is 6.48. The van der Waals surface area contributed by atoms with Crippen LogP contribution in [-0.4, -0.2) is 24.3 Å². The maximum absolute atomic E-state index is 12.1. The van der Waals surface area contributed by atoms with Gasteiger partial charge in [-0.3, -0.25) is 0 Å². The van der Waals surface area contributed by atoms with Gasteiger partial charge >= 0.3 is 5.97 Å². The summed E-state index contributed by atoms with van der Waals surface area (Å²) in [6, 6.07) is 9.84. The van der Waals surface area contributed by atoms with Gasteiger partial charge in [-0.05, 0) is 44.5 Å². The van der Waals surface area contributed by atoms with E-state index in [-0.39, 0.29) is 12.0 Å². The molecule has 0 aliphatic carbocycles. The Morgan fingerprint density at radius 1 is 1.19 bits per heavy atom. The van der Waals surface area contributed by atoms with E-state index in [1.807, 2.05) is 61.9 Å². The van der Waals surface area contributed by atoms with Crippen molar-refractivity contribution in [1.82, 2.24) is 4.57 Å². The summed E-state index contributed by atoms with van der Waals surface area (Å²) in [6.07, 6.45) is 1.98. The largest absolute Gasteiger partial charge is 0.497 e. The molecule has 2 rings (SSSR count). The van der Waals surface area contributed by atoms with Crippen LogP contribution < -0.4 is 4.74 Å². The number of methoxy groups -OCH3 is 1. The summed E-state index contributed by atoms with van der Waals surface area (Å²) < 4.78 is 12.2. The van der Waals surface area contributed by atoms with E-state index in [0.717, 1.165) is 16.9 Å². The van der Waals surface area contributed by atoms with Gasteiger partial charge in [0.1, 0.15) is 11.4 Å². The zero-order valence-electron chi connectivity index (χ0n) is 12.9. The molecule has 0 saturated carbocycles. The van der Waals surface area contributed by atoms with Crippen molar-refractivity contribution in [3.8, 4) is 16.9 Å². The van der Waals surface area contributed by atoms with Crippen LogP contribution in [-0.2, 0) is 4.74 Å². The molecular formula is C17H21NO3. The van der Waals surface area contributed by atoms with E-state index in [4.69, 9.17) is 9.47 Å². The first kappa shape index (κ1) is 15.2. The van der Waals surface area contributed by atoms with Crippen LogP contribution in [0.15, 0.2) is 36.5 Å². The molecule has 0 N–H and O–H groups in total. The van der Waals surface area contributed by atoms with Crippen LogP contribution in [0, 0.1) is 0 Å². The first-order chi connectivity index (χ1) is 10.1. The number of carbonyl (C=O) groups is 1. The van der Waals surface area contributed by atoms with Crippen molar-refractivity contribution < 1.29 is 14.3 Å². The average molecular weight is 287 g/mol. The summed E-state index contributed by atoms with van der Waals surface area (Å²) in [4.78, 5) is 12.1. The fourth-order valence-electron chi connectivity index (χ4n) is 2.22. The van der Waals surface area contributed by atoms with Gasteiger partial charge in [-0.1, -0.05) is 12.1 Å². The van der Waals surface area contributed by atoms with Crippen molar-refractivity contribution in [3.05, 3.63) is 42.2 Å². The van der Waals surface area contributed by atoms with Gasteiger partial charge in [0.05, 0.1) is 13.7 Å². The van der Waals surface area contributed by atoms with Gasteiger partial charge in [-0.15, -0.1) is 0 Å². The molecule has 0 fully saturated rings. The minimum atomic E-state index is -0.286. The van der Waals surface area contributed by atoms with Crippen molar-refractivity contribution in [2.45, 2.75) is 26.8 Å². The summed E-state index contributed by atoms with van der Waals surface area (Å²) in [5.41, 5.74) is 2.62. The van der Waals surface area contributed by atoms with Crippen LogP contribution in [0.3, 0.4) is 0 Å². The van der Waals surface area contributed by atoms with Gasteiger partial charge in [-0.2, -0.15) is 0 Å². The number of carbonyl (C=O) groups excluding carboxylic acids is 1. The molecule has 0 spiro atoms. The highest BCUT2D eigenvalue weighted by Crippen LogP contribution is 2.26. The van der Waals surface area contributed by atoms with Crippen LogP contribution in [0.1, 0.15) is 37.3 Å². The van der Waals surface area contributed by atoms with E-state index in [1.165, 1.54) is 0 Å². The van der Waals surface area contributed by atoms with Crippen molar-refractivity contribution in [1.29, 1.82) is 0 Å². The van der Waals surface area contributed by atoms with Crippen LogP contribution in [0.4, 0.5) is 0 Å². The Morgan fingerprint density at radius 3 is 2.38 bits per heavy atom. The van der Waals surface area contributed by atoms with Crippen LogP contribution in [0.5, 0.6) is 5.75 Å². The topological polar surface area (TPSA) is 40.5 Å². The molecule has 1 aromatic carbocycles. The summed E-state index contributed by atoms with van der Waals surface area (Å²) in [5.74, 6) is 0.527. The molecule has 0 atom stereocenters. The fourth-order valence-corrected chi connectivity index (χ4v) is 2.22. The lowest BCUT2D eigenvalue weighted by atomic mass is 10.1. The predicted octanol–water partition coefficient (Wildman–Crippen LogP) is 3.92. The SMILES string of the molecule is CCOC(=O)c1cc(-c2ccc(OC)cc2)cn1C(C)C. The summed E-state index contributed by atoms with van der Waals surface area (Å²) in [6.45, 7) is 6.27. The maximum Gasteiger partial charge on any atom is 0.354 e. The number of rotatable bonds is 5. The van der Waals surface area contributed by atoms with Gasteiger partial charge < -0.3 is 14.0 Å². The zero-order valence-corrected chi connectivity index (χ0v) is 12.9. The first-order valence-corrected chi connectivity index (χ1v) is 7.10. The lowest BCUT2D eigenvalue weighted by Crippen LogP contribution is -2.12. The molecule has 2 aromatic rings. The number of esters is 1. The first-order valence-electron chi connectivity index (χ1n) is 7.10. The Hall–Kier alpha value is -2.23. The molecule has 0 amide bonds. The van der Waals surface area contributed by atoms with Gasteiger partial charge in [0, 0.05) is 17.8 Å². The average Bonchev–Trinajstić information content (AvgIpc) is 2.93. The number of hydrogen-bond acceptors (Lipinski definition) is 3. The van der Waals surface area contributed by atoms with E-state index in [2.05, 4.69) is 0 Å². The third kappa shape index (κ3) is 3.27. The number of aromatic nitrogens is 1. The van der Waals surface area contributed by atoms with Gasteiger partial charge in [0.25, 0.3) is 0 Å². The number of ether oxygens (including phenoxy) is 2. The highest BCUT2D eigenvalue weighted by Gasteiger charge is 2.17. The molecule has 1 aromatic heterocycles. The highest BCUT2D eigenvalue weighted by atomic mass is 16.5. The molecule has 0 saturated heterocycles. The predicted molar refractivity (Wildman–Crippen MR) is 82.8 cm³/mol. The second-order valence-electron chi connectivity index (χ2n) is 5.06. The maximum atomic E-state index is 12.1. The Balaban J connectivity index is 2.40. The molecule has 0 aliphatic heterocycles. The smallest absolute Gasteiger partial charge is 0.354 e. The molecule has 1 heterocycles. The molecule has 0 unspecified atom stereocenters.